The first-order valence-corrected chi connectivity index (χ1v) is 5.34. The van der Waals surface area contributed by atoms with E-state index < -0.39 is 5.97 Å². The zero-order valence-electron chi connectivity index (χ0n) is 9.79. The second-order valence-electron chi connectivity index (χ2n) is 3.66. The molecule has 0 amide bonds. The highest BCUT2D eigenvalue weighted by Gasteiger charge is 2.08. The molecule has 0 fully saturated rings. The number of aromatic nitrogens is 1. The van der Waals surface area contributed by atoms with E-state index in [9.17, 15) is 9.59 Å². The van der Waals surface area contributed by atoms with Gasteiger partial charge in [0.1, 0.15) is 12.0 Å². The summed E-state index contributed by atoms with van der Waals surface area (Å²) < 4.78 is 4.62. The number of methoxy groups -OCH3 is 1. The molecule has 0 atom stereocenters. The predicted molar refractivity (Wildman–Crippen MR) is 66.4 cm³/mol. The summed E-state index contributed by atoms with van der Waals surface area (Å²) in [6.45, 7) is 0. The average Bonchev–Trinajstić information content (AvgIpc) is 2.46. The van der Waals surface area contributed by atoms with E-state index in [1.54, 1.807) is 30.5 Å². The summed E-state index contributed by atoms with van der Waals surface area (Å²) in [5.41, 5.74) is 2.63. The molecule has 90 valence electrons. The van der Waals surface area contributed by atoms with Crippen LogP contribution in [0.25, 0.3) is 11.1 Å². The highest BCUT2D eigenvalue weighted by molar-refractivity contribution is 5.88. The molecule has 4 heteroatoms. The fourth-order valence-electron chi connectivity index (χ4n) is 1.58. The summed E-state index contributed by atoms with van der Waals surface area (Å²) >= 11 is 0. The molecule has 1 aromatic heterocycles. The number of hydrogen-bond acceptors (Lipinski definition) is 4. The number of carbonyl (C=O) groups excluding carboxylic acids is 2. The summed E-state index contributed by atoms with van der Waals surface area (Å²) in [5.74, 6) is -0.471. The molecule has 1 aromatic carbocycles. The Morgan fingerprint density at radius 1 is 1.17 bits per heavy atom. The third kappa shape index (κ3) is 2.43. The van der Waals surface area contributed by atoms with Gasteiger partial charge in [-0.05, 0) is 23.3 Å². The molecule has 0 radical (unpaired) electrons. The molecule has 0 aliphatic rings. The lowest BCUT2D eigenvalue weighted by atomic mass is 10.0. The lowest BCUT2D eigenvalue weighted by molar-refractivity contribution is 0.0594. The van der Waals surface area contributed by atoms with Gasteiger partial charge in [0, 0.05) is 11.8 Å². The van der Waals surface area contributed by atoms with Crippen LogP contribution in [0, 0.1) is 0 Å². The topological polar surface area (TPSA) is 56.3 Å². The number of pyridine rings is 1. The van der Waals surface area contributed by atoms with E-state index in [0.717, 1.165) is 17.4 Å². The van der Waals surface area contributed by atoms with E-state index in [0.29, 0.717) is 5.56 Å². The summed E-state index contributed by atoms with van der Waals surface area (Å²) in [6, 6.07) is 10.5. The molecule has 1 heterocycles. The Bertz CT molecular complexity index is 576. The number of nitrogens with zero attached hydrogens (tertiary/aromatic N) is 1. The van der Waals surface area contributed by atoms with Crippen molar-refractivity contribution in [2.24, 2.45) is 0 Å². The minimum Gasteiger partial charge on any atom is -0.464 e. The van der Waals surface area contributed by atoms with E-state index >= 15 is 0 Å². The first-order chi connectivity index (χ1) is 8.74. The lowest BCUT2D eigenvalue weighted by Crippen LogP contribution is -2.03. The number of aldehydes is 1. The standard InChI is InChI=1S/C14H11NO3/c1-18-14(17)13-8-12(6-7-15-13)11-4-2-10(9-16)3-5-11/h2-9H,1H3. The van der Waals surface area contributed by atoms with Crippen LogP contribution in [0.3, 0.4) is 0 Å². The predicted octanol–water partition coefficient (Wildman–Crippen LogP) is 2.35. The molecule has 0 N–H and O–H groups in total. The minimum absolute atomic E-state index is 0.259. The van der Waals surface area contributed by atoms with Crippen LogP contribution < -0.4 is 0 Å². The van der Waals surface area contributed by atoms with Crippen molar-refractivity contribution < 1.29 is 14.3 Å². The highest BCUT2D eigenvalue weighted by atomic mass is 16.5. The van der Waals surface area contributed by atoms with Crippen molar-refractivity contribution >= 4 is 12.3 Å². The average molecular weight is 241 g/mol. The van der Waals surface area contributed by atoms with E-state index in [2.05, 4.69) is 9.72 Å². The third-order valence-electron chi connectivity index (χ3n) is 2.53. The summed E-state index contributed by atoms with van der Waals surface area (Å²) in [7, 11) is 1.32. The van der Waals surface area contributed by atoms with Crippen LogP contribution >= 0.6 is 0 Å². The Labute approximate surface area is 104 Å². The Hall–Kier alpha value is -2.49. The monoisotopic (exact) mass is 241 g/mol. The van der Waals surface area contributed by atoms with Crippen molar-refractivity contribution in [3.8, 4) is 11.1 Å². The molecular weight excluding hydrogens is 230 g/mol. The van der Waals surface area contributed by atoms with Crippen LogP contribution in [0.1, 0.15) is 20.8 Å². The molecule has 0 unspecified atom stereocenters. The zero-order valence-corrected chi connectivity index (χ0v) is 9.79. The maximum Gasteiger partial charge on any atom is 0.356 e. The van der Waals surface area contributed by atoms with Gasteiger partial charge in [-0.25, -0.2) is 9.78 Å². The Morgan fingerprint density at radius 2 is 1.89 bits per heavy atom. The van der Waals surface area contributed by atoms with Gasteiger partial charge in [-0.2, -0.15) is 0 Å². The van der Waals surface area contributed by atoms with Crippen LogP contribution in [0.2, 0.25) is 0 Å². The highest BCUT2D eigenvalue weighted by Crippen LogP contribution is 2.19. The molecule has 2 rings (SSSR count). The molecule has 0 bridgehead atoms. The van der Waals surface area contributed by atoms with Crippen LogP contribution in [0.4, 0.5) is 0 Å². The van der Waals surface area contributed by atoms with Crippen molar-refractivity contribution in [3.63, 3.8) is 0 Å². The maximum atomic E-state index is 11.4. The van der Waals surface area contributed by atoms with E-state index in [1.165, 1.54) is 7.11 Å². The molecule has 0 spiro atoms. The van der Waals surface area contributed by atoms with Crippen LogP contribution in [-0.2, 0) is 4.74 Å². The lowest BCUT2D eigenvalue weighted by Gasteiger charge is -2.03. The van der Waals surface area contributed by atoms with Gasteiger partial charge in [-0.1, -0.05) is 24.3 Å². The smallest absolute Gasteiger partial charge is 0.356 e. The van der Waals surface area contributed by atoms with Crippen LogP contribution in [0.5, 0.6) is 0 Å². The molecule has 0 aliphatic heterocycles. The van der Waals surface area contributed by atoms with Gasteiger partial charge in [0.15, 0.2) is 0 Å². The van der Waals surface area contributed by atoms with Crippen LogP contribution in [-0.4, -0.2) is 24.3 Å². The molecule has 0 saturated heterocycles. The zero-order chi connectivity index (χ0) is 13.0. The normalized spacial score (nSPS) is 9.83. The van der Waals surface area contributed by atoms with Gasteiger partial charge < -0.3 is 4.74 Å². The van der Waals surface area contributed by atoms with Gasteiger partial charge in [-0.15, -0.1) is 0 Å². The number of rotatable bonds is 3. The second kappa shape index (κ2) is 5.23. The number of esters is 1. The fourth-order valence-corrected chi connectivity index (χ4v) is 1.58. The second-order valence-corrected chi connectivity index (χ2v) is 3.66. The Morgan fingerprint density at radius 3 is 2.50 bits per heavy atom. The minimum atomic E-state index is -0.471. The van der Waals surface area contributed by atoms with Crippen molar-refractivity contribution in [1.82, 2.24) is 4.98 Å². The fraction of sp³-hybridized carbons (Fsp3) is 0.0714. The molecule has 4 nitrogen and oxygen atoms in total. The summed E-state index contributed by atoms with van der Waals surface area (Å²) in [4.78, 5) is 25.9. The van der Waals surface area contributed by atoms with Crippen molar-refractivity contribution in [3.05, 3.63) is 53.9 Å². The molecule has 0 saturated carbocycles. The van der Waals surface area contributed by atoms with Gasteiger partial charge in [-0.3, -0.25) is 4.79 Å². The quantitative estimate of drug-likeness (QED) is 0.611. The SMILES string of the molecule is COC(=O)c1cc(-c2ccc(C=O)cc2)ccn1. The van der Waals surface area contributed by atoms with Crippen molar-refractivity contribution in [2.45, 2.75) is 0 Å². The number of ether oxygens (including phenoxy) is 1. The van der Waals surface area contributed by atoms with Gasteiger partial charge in [0.05, 0.1) is 7.11 Å². The molecule has 2 aromatic rings. The van der Waals surface area contributed by atoms with Crippen LogP contribution in [0.15, 0.2) is 42.6 Å². The van der Waals surface area contributed by atoms with E-state index in [1.807, 2.05) is 12.1 Å². The first kappa shape index (κ1) is 12.0. The maximum absolute atomic E-state index is 11.4. The van der Waals surface area contributed by atoms with E-state index in [-0.39, 0.29) is 5.69 Å². The van der Waals surface area contributed by atoms with Gasteiger partial charge in [0.25, 0.3) is 0 Å². The summed E-state index contributed by atoms with van der Waals surface area (Å²) in [5, 5.41) is 0. The van der Waals surface area contributed by atoms with Gasteiger partial charge in [0.2, 0.25) is 0 Å². The first-order valence-electron chi connectivity index (χ1n) is 5.34. The van der Waals surface area contributed by atoms with E-state index in [4.69, 9.17) is 0 Å². The number of hydrogen-bond donors (Lipinski definition) is 0. The Balaban J connectivity index is 2.37. The Kier molecular flexibility index (Phi) is 3.48. The number of benzene rings is 1. The number of carbonyl (C=O) groups is 2. The molecule has 18 heavy (non-hydrogen) atoms. The van der Waals surface area contributed by atoms with Crippen molar-refractivity contribution in [2.75, 3.05) is 7.11 Å². The molecule has 0 aliphatic carbocycles. The largest absolute Gasteiger partial charge is 0.464 e. The third-order valence-corrected chi connectivity index (χ3v) is 2.53. The van der Waals surface area contributed by atoms with Gasteiger partial charge >= 0.3 is 5.97 Å². The molecular formula is C14H11NO3. The summed E-state index contributed by atoms with van der Waals surface area (Å²) in [6.07, 6.45) is 2.34. The van der Waals surface area contributed by atoms with Crippen molar-refractivity contribution in [1.29, 1.82) is 0 Å².